The zero-order valence-corrected chi connectivity index (χ0v) is 80.2. The number of anilines is 12. The van der Waals surface area contributed by atoms with E-state index in [0.29, 0.717) is 11.5 Å². The van der Waals surface area contributed by atoms with Crippen molar-refractivity contribution in [2.45, 2.75) is 16.2 Å². The molecule has 696 valence electrons. The van der Waals surface area contributed by atoms with Crippen molar-refractivity contribution in [1.82, 2.24) is 0 Å². The number of fused-ring (bicyclic) bond motifs is 16. The van der Waals surface area contributed by atoms with Gasteiger partial charge >= 0.3 is 0 Å². The molecular formula is C139H94F2N4O2. The highest BCUT2D eigenvalue weighted by atomic mass is 19.1. The van der Waals surface area contributed by atoms with Crippen LogP contribution in [0.2, 0.25) is 0 Å². The Hall–Kier alpha value is -19.0. The molecule has 147 heavy (non-hydrogen) atoms. The first kappa shape index (κ1) is 88.2. The number of hydrogen-bond donors (Lipinski definition) is 0. The first-order chi connectivity index (χ1) is 72.5. The summed E-state index contributed by atoms with van der Waals surface area (Å²) in [5, 5.41) is 0. The highest BCUT2D eigenvalue weighted by Gasteiger charge is 2.54. The maximum absolute atomic E-state index is 15.3. The van der Waals surface area contributed by atoms with Crippen molar-refractivity contribution in [2.24, 2.45) is 0 Å². The van der Waals surface area contributed by atoms with Gasteiger partial charge in [-0.3, -0.25) is 0 Å². The Labute approximate surface area is 854 Å². The Bertz CT molecular complexity index is 8260. The molecule has 0 saturated heterocycles. The van der Waals surface area contributed by atoms with Crippen LogP contribution < -0.4 is 29.1 Å². The highest BCUT2D eigenvalue weighted by Crippen LogP contribution is 2.66. The van der Waals surface area contributed by atoms with E-state index in [2.05, 4.69) is 445 Å². The lowest BCUT2D eigenvalue weighted by atomic mass is 9.67. The monoisotopic (exact) mass is 1890 g/mol. The Morgan fingerprint density at radius 1 is 0.170 bits per heavy atom. The molecule has 0 heterocycles. The van der Waals surface area contributed by atoms with E-state index in [0.717, 1.165) is 180 Å². The molecule has 2 atom stereocenters. The van der Waals surface area contributed by atoms with Gasteiger partial charge in [-0.1, -0.05) is 341 Å². The second-order valence-electron chi connectivity index (χ2n) is 38.0. The average molecular weight is 1890 g/mol. The van der Waals surface area contributed by atoms with E-state index < -0.39 is 16.2 Å². The third kappa shape index (κ3) is 14.9. The van der Waals surface area contributed by atoms with Crippen LogP contribution in [0.4, 0.5) is 77.0 Å². The van der Waals surface area contributed by atoms with Crippen LogP contribution in [0.1, 0.15) is 77.9 Å². The van der Waals surface area contributed by atoms with Crippen LogP contribution in [0, 0.1) is 11.6 Å². The fourth-order valence-corrected chi connectivity index (χ4v) is 23.7. The maximum Gasteiger partial charge on any atom is 0.127 e. The Kier molecular flexibility index (Phi) is 21.9. The zero-order valence-electron chi connectivity index (χ0n) is 80.2. The first-order valence-corrected chi connectivity index (χ1v) is 49.9. The van der Waals surface area contributed by atoms with Crippen molar-refractivity contribution in [2.75, 3.05) is 19.6 Å². The van der Waals surface area contributed by atoms with E-state index in [1.807, 2.05) is 109 Å². The molecule has 2 unspecified atom stereocenters. The average Bonchev–Trinajstić information content (AvgIpc) is 1.51. The van der Waals surface area contributed by atoms with Gasteiger partial charge in [0.1, 0.15) is 34.6 Å². The van der Waals surface area contributed by atoms with Crippen LogP contribution in [0.25, 0.3) is 78.9 Å². The standard InChI is InChI=1S/C139H94F2N4O2/c1-3-93-41-77-117(78-42-93)146-119-81-57-101(58-82-119)137(99-53-61-103(140)62-54-99)129-37-21-17-33-121(129)125-85-73-113(89-133(125)137)142(105-25-9-5-10-26-105)109-65-45-95(46-66-109)97-49-69-111(70-50-97)144(107-29-13-7-14-30-107)115-75-87-127-123-35-19-23-39-131(123)139(135(127)91-115)132-40-24-20-36-124(132)128-88-76-116(92-136(128)139)145(108-31-15-8-16-32-108)112-71-51-98(52-72-112)96-47-67-110(68-48-96)143(106-27-11-6-12-28-106)114-74-86-126-122-34-18-22-38-130(122)138(134(126)90-114,100-55-63-104(141)64-56-100)102-59-83-120(84-60-102)147-118-79-43-94(4-2)44-80-118/h3-92H,1-2H2. The quantitative estimate of drug-likeness (QED) is 0.0599. The van der Waals surface area contributed by atoms with Gasteiger partial charge in [0, 0.05) is 68.2 Å². The minimum atomic E-state index is -0.838. The number of hydrogen-bond acceptors (Lipinski definition) is 6. The SMILES string of the molecule is C=Cc1ccc(Oc2ccc(C3(c4ccc(F)cc4)c4ccccc4-c4ccc(N(c5ccccc5)c5ccc(-c6ccc(N(c7ccccc7)c7ccc8c(c7)C7(c9ccccc9-8)c8ccccc8-c8ccc(N(c9ccccc9)c9ccc(-c%10ccc(N(c%11ccccc%11)c%11ccc%12c(c%11)C(c%11ccc(F)cc%11)(c%11ccc(Oc%13ccc(C=C)cc%13)cc%11)c%11ccccc%11-%12)cc%10)cc9)cc87)cc6)cc5)cc43)cc2)cc1. The Morgan fingerprint density at radius 2 is 0.361 bits per heavy atom. The number of ether oxygens (including phenoxy) is 2. The van der Waals surface area contributed by atoms with E-state index >= 15 is 8.78 Å². The van der Waals surface area contributed by atoms with Gasteiger partial charge in [0.05, 0.1) is 16.2 Å². The zero-order chi connectivity index (χ0) is 98.3. The molecule has 0 saturated carbocycles. The van der Waals surface area contributed by atoms with Crippen molar-refractivity contribution in [3.8, 4) is 89.8 Å². The van der Waals surface area contributed by atoms with Gasteiger partial charge in [0.25, 0.3) is 0 Å². The number of rotatable bonds is 24. The predicted molar refractivity (Wildman–Crippen MR) is 600 cm³/mol. The Morgan fingerprint density at radius 3 is 0.605 bits per heavy atom. The summed E-state index contributed by atoms with van der Waals surface area (Å²) in [6.45, 7) is 7.86. The molecule has 4 aliphatic carbocycles. The van der Waals surface area contributed by atoms with Crippen LogP contribution in [-0.4, -0.2) is 0 Å². The lowest BCUT2D eigenvalue weighted by molar-refractivity contribution is 0.482. The van der Waals surface area contributed by atoms with Crippen molar-refractivity contribution in [3.63, 3.8) is 0 Å². The van der Waals surface area contributed by atoms with Gasteiger partial charge < -0.3 is 29.1 Å². The van der Waals surface area contributed by atoms with Crippen LogP contribution in [0.3, 0.4) is 0 Å². The summed E-state index contributed by atoms with van der Waals surface area (Å²) in [7, 11) is 0. The van der Waals surface area contributed by atoms with E-state index in [1.54, 1.807) is 24.3 Å². The molecule has 6 nitrogen and oxygen atoms in total. The maximum atomic E-state index is 15.3. The molecule has 22 aromatic carbocycles. The van der Waals surface area contributed by atoms with Gasteiger partial charge in [-0.25, -0.2) is 8.78 Å². The fraction of sp³-hybridized carbons (Fsp3) is 0.0216. The smallest absolute Gasteiger partial charge is 0.127 e. The normalized spacial score (nSPS) is 14.9. The third-order valence-corrected chi connectivity index (χ3v) is 30.2. The Balaban J connectivity index is 0.520. The summed E-state index contributed by atoms with van der Waals surface area (Å²) in [6, 6.07) is 189. The molecule has 0 radical (unpaired) electrons. The molecule has 1 spiro atoms. The molecule has 4 aliphatic rings. The minimum Gasteiger partial charge on any atom is -0.457 e. The second-order valence-corrected chi connectivity index (χ2v) is 38.0. The minimum absolute atomic E-state index is 0.295. The topological polar surface area (TPSA) is 31.4 Å². The van der Waals surface area contributed by atoms with Crippen molar-refractivity contribution >= 4 is 80.4 Å². The predicted octanol–water partition coefficient (Wildman–Crippen LogP) is 37.1. The summed E-state index contributed by atoms with van der Waals surface area (Å²) >= 11 is 0. The fourth-order valence-electron chi connectivity index (χ4n) is 23.7. The van der Waals surface area contributed by atoms with E-state index in [1.165, 1.54) is 44.5 Å². The van der Waals surface area contributed by atoms with Crippen molar-refractivity contribution < 1.29 is 18.3 Å². The summed E-state index contributed by atoms with van der Waals surface area (Å²) in [5.74, 6) is 2.27. The molecule has 0 N–H and O–H groups in total. The van der Waals surface area contributed by atoms with Gasteiger partial charge in [-0.2, -0.15) is 0 Å². The van der Waals surface area contributed by atoms with E-state index in [9.17, 15) is 0 Å². The lowest BCUT2D eigenvalue weighted by Gasteiger charge is -2.35. The molecule has 22 aromatic rings. The molecule has 0 bridgehead atoms. The summed E-state index contributed by atoms with van der Waals surface area (Å²) in [4.78, 5) is 9.49. The molecule has 8 heteroatoms. The lowest BCUT2D eigenvalue weighted by Crippen LogP contribution is -2.28. The number of benzene rings is 22. The second kappa shape index (κ2) is 36.5. The van der Waals surface area contributed by atoms with Crippen molar-refractivity contribution in [3.05, 3.63) is 637 Å². The van der Waals surface area contributed by atoms with Gasteiger partial charge in [-0.15, -0.1) is 0 Å². The molecule has 0 aromatic heterocycles. The summed E-state index contributed by atoms with van der Waals surface area (Å²) < 4.78 is 43.5. The largest absolute Gasteiger partial charge is 0.457 e. The van der Waals surface area contributed by atoms with Gasteiger partial charge in [0.2, 0.25) is 0 Å². The molecule has 0 fully saturated rings. The third-order valence-electron chi connectivity index (χ3n) is 30.2. The van der Waals surface area contributed by atoms with E-state index in [-0.39, 0.29) is 11.6 Å². The summed E-state index contributed by atoms with van der Waals surface area (Å²) in [6.07, 6.45) is 3.65. The first-order valence-electron chi connectivity index (χ1n) is 49.9. The van der Waals surface area contributed by atoms with Gasteiger partial charge in [0.15, 0.2) is 0 Å². The molecule has 26 rings (SSSR count). The highest BCUT2D eigenvalue weighted by molar-refractivity contribution is 6.00. The molecule has 0 aliphatic heterocycles. The van der Waals surface area contributed by atoms with Crippen LogP contribution in [-0.2, 0) is 16.2 Å². The number of para-hydroxylation sites is 4. The van der Waals surface area contributed by atoms with E-state index in [4.69, 9.17) is 9.47 Å². The molecule has 0 amide bonds. The van der Waals surface area contributed by atoms with Crippen molar-refractivity contribution in [1.29, 1.82) is 0 Å². The van der Waals surface area contributed by atoms with Crippen LogP contribution >= 0.6 is 0 Å². The molecular weight excluding hydrogens is 1800 g/mol. The van der Waals surface area contributed by atoms with Crippen LogP contribution in [0.15, 0.2) is 547 Å². The summed E-state index contributed by atoms with van der Waals surface area (Å²) in [5.41, 5.74) is 38.7. The van der Waals surface area contributed by atoms with Gasteiger partial charge in [-0.05, 0) is 363 Å². The van der Waals surface area contributed by atoms with Crippen LogP contribution in [0.5, 0.6) is 23.0 Å². The number of halogens is 2. The number of nitrogens with zero attached hydrogens (tertiary/aromatic N) is 4.